The maximum atomic E-state index is 12.8. The molecular weight excluding hydrogens is 352 g/mol. The van der Waals surface area contributed by atoms with Crippen LogP contribution in [0, 0.1) is 12.8 Å². The zero-order chi connectivity index (χ0) is 19.3. The van der Waals surface area contributed by atoms with Crippen molar-refractivity contribution < 1.29 is 17.9 Å². The highest BCUT2D eigenvalue weighted by Crippen LogP contribution is 2.26. The molecule has 7 heteroatoms. The molecule has 1 aliphatic rings. The lowest BCUT2D eigenvalue weighted by Crippen LogP contribution is -2.46. The first kappa shape index (κ1) is 20.7. The Morgan fingerprint density at radius 2 is 2.12 bits per heavy atom. The van der Waals surface area contributed by atoms with E-state index in [-0.39, 0.29) is 30.2 Å². The Morgan fingerprint density at radius 3 is 2.69 bits per heavy atom. The second-order valence-corrected chi connectivity index (χ2v) is 9.05. The molecule has 0 radical (unpaired) electrons. The van der Waals surface area contributed by atoms with Crippen LogP contribution in [0.15, 0.2) is 18.2 Å². The summed E-state index contributed by atoms with van der Waals surface area (Å²) in [6.07, 6.45) is 2.20. The average Bonchev–Trinajstić information content (AvgIpc) is 2.65. The maximum absolute atomic E-state index is 12.8. The molecule has 1 aliphatic heterocycles. The molecule has 26 heavy (non-hydrogen) atoms. The van der Waals surface area contributed by atoms with Crippen LogP contribution in [-0.4, -0.2) is 44.6 Å². The van der Waals surface area contributed by atoms with E-state index in [9.17, 15) is 13.2 Å². The highest BCUT2D eigenvalue weighted by atomic mass is 32.2. The number of methoxy groups -OCH3 is 1. The fraction of sp³-hybridized carbons (Fsp3) is 0.632. The largest absolute Gasteiger partial charge is 0.496 e. The topological polar surface area (TPSA) is 75.7 Å². The van der Waals surface area contributed by atoms with Gasteiger partial charge in [0.05, 0.1) is 24.8 Å². The molecule has 1 aromatic carbocycles. The van der Waals surface area contributed by atoms with Crippen molar-refractivity contribution >= 4 is 15.9 Å². The van der Waals surface area contributed by atoms with Gasteiger partial charge < -0.3 is 10.1 Å². The Kier molecular flexibility index (Phi) is 7.06. The molecule has 1 aromatic rings. The number of rotatable bonds is 7. The van der Waals surface area contributed by atoms with Crippen LogP contribution in [0.3, 0.4) is 0 Å². The summed E-state index contributed by atoms with van der Waals surface area (Å²) in [5.74, 6) is 0.534. The molecule has 0 unspecified atom stereocenters. The van der Waals surface area contributed by atoms with E-state index in [1.165, 1.54) is 4.31 Å². The van der Waals surface area contributed by atoms with E-state index < -0.39 is 10.0 Å². The Labute approximate surface area is 157 Å². The van der Waals surface area contributed by atoms with Gasteiger partial charge in [0.15, 0.2) is 0 Å². The van der Waals surface area contributed by atoms with E-state index in [1.807, 2.05) is 32.0 Å². The lowest BCUT2D eigenvalue weighted by atomic mass is 9.96. The van der Waals surface area contributed by atoms with Crippen molar-refractivity contribution in [1.82, 2.24) is 9.62 Å². The highest BCUT2D eigenvalue weighted by molar-refractivity contribution is 7.89. The number of benzene rings is 1. The van der Waals surface area contributed by atoms with Gasteiger partial charge in [0.1, 0.15) is 5.75 Å². The third-order valence-corrected chi connectivity index (χ3v) is 6.91. The van der Waals surface area contributed by atoms with E-state index in [2.05, 4.69) is 5.32 Å². The number of sulfonamides is 1. The van der Waals surface area contributed by atoms with Crippen LogP contribution in [0.4, 0.5) is 0 Å². The van der Waals surface area contributed by atoms with Gasteiger partial charge in [0, 0.05) is 13.1 Å². The number of nitrogens with zero attached hydrogens (tertiary/aromatic N) is 1. The van der Waals surface area contributed by atoms with Gasteiger partial charge in [-0.2, -0.15) is 0 Å². The number of carbonyl (C=O) groups excluding carboxylic acids is 1. The van der Waals surface area contributed by atoms with Crippen LogP contribution in [-0.2, 0) is 14.8 Å². The summed E-state index contributed by atoms with van der Waals surface area (Å²) >= 11 is 0. The van der Waals surface area contributed by atoms with E-state index in [0.717, 1.165) is 36.1 Å². The van der Waals surface area contributed by atoms with Crippen molar-refractivity contribution in [3.8, 4) is 5.75 Å². The molecular formula is C19H30N2O4S. The minimum Gasteiger partial charge on any atom is -0.496 e. The van der Waals surface area contributed by atoms with Crippen LogP contribution in [0.25, 0.3) is 0 Å². The number of hydrogen-bond acceptors (Lipinski definition) is 4. The first-order chi connectivity index (χ1) is 12.3. The van der Waals surface area contributed by atoms with Gasteiger partial charge in [-0.15, -0.1) is 0 Å². The summed E-state index contributed by atoms with van der Waals surface area (Å²) in [5, 5.41) is 3.11. The molecule has 0 spiro atoms. The average molecular weight is 383 g/mol. The molecule has 146 valence electrons. The lowest BCUT2D eigenvalue weighted by Gasteiger charge is -2.32. The van der Waals surface area contributed by atoms with Crippen molar-refractivity contribution in [3.05, 3.63) is 29.3 Å². The molecule has 1 saturated heterocycles. The standard InChI is InChI=1S/C19H30N2O4S/c1-5-17(15-9-10-18(25-4)14(3)12-15)20-19(22)16-8-7-11-21(13-16)26(23,24)6-2/h9-10,12,16-17H,5-8,11,13H2,1-4H3,(H,20,22)/t16-,17+/m1/s1. The summed E-state index contributed by atoms with van der Waals surface area (Å²) < 4.78 is 31.0. The fourth-order valence-corrected chi connectivity index (χ4v) is 4.60. The van der Waals surface area contributed by atoms with Gasteiger partial charge in [-0.3, -0.25) is 4.79 Å². The summed E-state index contributed by atoms with van der Waals surface area (Å²) in [7, 11) is -1.61. The third-order valence-electron chi connectivity index (χ3n) is 5.06. The zero-order valence-corrected chi connectivity index (χ0v) is 16.9. The minimum atomic E-state index is -3.25. The highest BCUT2D eigenvalue weighted by Gasteiger charge is 2.32. The van der Waals surface area contributed by atoms with E-state index in [1.54, 1.807) is 14.0 Å². The molecule has 0 aliphatic carbocycles. The first-order valence-electron chi connectivity index (χ1n) is 9.25. The Hall–Kier alpha value is -1.60. The number of nitrogens with one attached hydrogen (secondary N) is 1. The number of hydrogen-bond donors (Lipinski definition) is 1. The van der Waals surface area contributed by atoms with Crippen LogP contribution in [0.5, 0.6) is 5.75 Å². The molecule has 1 heterocycles. The molecule has 1 amide bonds. The molecule has 2 rings (SSSR count). The first-order valence-corrected chi connectivity index (χ1v) is 10.9. The zero-order valence-electron chi connectivity index (χ0n) is 16.1. The molecule has 0 bridgehead atoms. The predicted molar refractivity (Wildman–Crippen MR) is 103 cm³/mol. The SMILES string of the molecule is CC[C@H](NC(=O)[C@@H]1CCCN(S(=O)(=O)CC)C1)c1ccc(OC)c(C)c1. The van der Waals surface area contributed by atoms with Gasteiger partial charge in [0.2, 0.25) is 15.9 Å². The van der Waals surface area contributed by atoms with Crippen molar-refractivity contribution in [2.45, 2.75) is 46.1 Å². The second kappa shape index (κ2) is 8.86. The molecule has 0 saturated carbocycles. The molecule has 6 nitrogen and oxygen atoms in total. The number of aryl methyl sites for hydroxylation is 1. The summed E-state index contributed by atoms with van der Waals surface area (Å²) in [6.45, 7) is 6.43. The fourth-order valence-electron chi connectivity index (χ4n) is 3.42. The maximum Gasteiger partial charge on any atom is 0.224 e. The summed E-state index contributed by atoms with van der Waals surface area (Å²) in [5.41, 5.74) is 2.06. The lowest BCUT2D eigenvalue weighted by molar-refractivity contribution is -0.126. The monoisotopic (exact) mass is 382 g/mol. The number of amides is 1. The summed E-state index contributed by atoms with van der Waals surface area (Å²) in [4.78, 5) is 12.8. The third kappa shape index (κ3) is 4.76. The van der Waals surface area contributed by atoms with Crippen molar-refractivity contribution in [2.24, 2.45) is 5.92 Å². The normalized spacial score (nSPS) is 19.8. The van der Waals surface area contributed by atoms with Crippen LogP contribution < -0.4 is 10.1 Å². The number of carbonyl (C=O) groups is 1. The van der Waals surface area contributed by atoms with Gasteiger partial charge in [0.25, 0.3) is 0 Å². The Bertz CT molecular complexity index is 733. The van der Waals surface area contributed by atoms with E-state index >= 15 is 0 Å². The Balaban J connectivity index is 2.08. The predicted octanol–water partition coefficient (Wildman–Crippen LogP) is 2.63. The van der Waals surface area contributed by atoms with Crippen LogP contribution in [0.2, 0.25) is 0 Å². The van der Waals surface area contributed by atoms with Crippen molar-refractivity contribution in [1.29, 1.82) is 0 Å². The van der Waals surface area contributed by atoms with E-state index in [0.29, 0.717) is 6.54 Å². The quantitative estimate of drug-likeness (QED) is 0.787. The van der Waals surface area contributed by atoms with Crippen molar-refractivity contribution in [3.63, 3.8) is 0 Å². The number of piperidine rings is 1. The number of ether oxygens (including phenoxy) is 1. The molecule has 0 aromatic heterocycles. The Morgan fingerprint density at radius 1 is 1.38 bits per heavy atom. The van der Waals surface area contributed by atoms with Gasteiger partial charge in [-0.1, -0.05) is 19.1 Å². The van der Waals surface area contributed by atoms with Crippen LogP contribution in [0.1, 0.15) is 50.3 Å². The summed E-state index contributed by atoms with van der Waals surface area (Å²) in [6, 6.07) is 5.82. The van der Waals surface area contributed by atoms with Gasteiger partial charge >= 0.3 is 0 Å². The van der Waals surface area contributed by atoms with E-state index in [4.69, 9.17) is 4.74 Å². The van der Waals surface area contributed by atoms with Gasteiger partial charge in [-0.25, -0.2) is 12.7 Å². The second-order valence-electron chi connectivity index (χ2n) is 6.80. The minimum absolute atomic E-state index is 0.0682. The van der Waals surface area contributed by atoms with Crippen LogP contribution >= 0.6 is 0 Å². The molecule has 1 N–H and O–H groups in total. The molecule has 1 fully saturated rings. The molecule has 2 atom stereocenters. The van der Waals surface area contributed by atoms with Crippen molar-refractivity contribution in [2.75, 3.05) is 26.0 Å². The van der Waals surface area contributed by atoms with Gasteiger partial charge in [-0.05, 0) is 50.3 Å². The smallest absolute Gasteiger partial charge is 0.224 e.